The van der Waals surface area contributed by atoms with Gasteiger partial charge < -0.3 is 15.0 Å². The SMILES string of the molecule is O=C(NCCOc1ccccc1)c1cccc(N2CCCC2=O)c1. The maximum Gasteiger partial charge on any atom is 0.251 e. The summed E-state index contributed by atoms with van der Waals surface area (Å²) in [5, 5.41) is 2.83. The van der Waals surface area contributed by atoms with Crippen LogP contribution in [0.2, 0.25) is 0 Å². The smallest absolute Gasteiger partial charge is 0.251 e. The lowest BCUT2D eigenvalue weighted by atomic mass is 10.1. The Balaban J connectivity index is 1.52. The number of hydrogen-bond donors (Lipinski definition) is 1. The molecule has 5 nitrogen and oxygen atoms in total. The summed E-state index contributed by atoms with van der Waals surface area (Å²) in [6.07, 6.45) is 1.44. The third-order valence-corrected chi connectivity index (χ3v) is 3.89. The Bertz CT molecular complexity index is 716. The molecule has 124 valence electrons. The van der Waals surface area contributed by atoms with E-state index in [4.69, 9.17) is 4.74 Å². The highest BCUT2D eigenvalue weighted by molar-refractivity contribution is 5.99. The van der Waals surface area contributed by atoms with Gasteiger partial charge in [0.05, 0.1) is 6.54 Å². The maximum atomic E-state index is 12.2. The molecule has 3 rings (SSSR count). The number of nitrogens with zero attached hydrogens (tertiary/aromatic N) is 1. The Morgan fingerprint density at radius 3 is 2.71 bits per heavy atom. The molecule has 0 radical (unpaired) electrons. The van der Waals surface area contributed by atoms with Crippen LogP contribution in [0, 0.1) is 0 Å². The van der Waals surface area contributed by atoms with Crippen molar-refractivity contribution in [1.82, 2.24) is 5.32 Å². The molecule has 2 amide bonds. The molecule has 2 aromatic rings. The van der Waals surface area contributed by atoms with Crippen LogP contribution < -0.4 is 15.0 Å². The lowest BCUT2D eigenvalue weighted by Gasteiger charge is -2.16. The second-order valence-corrected chi connectivity index (χ2v) is 5.62. The van der Waals surface area contributed by atoms with Crippen molar-refractivity contribution < 1.29 is 14.3 Å². The number of para-hydroxylation sites is 1. The number of rotatable bonds is 6. The molecular weight excluding hydrogens is 304 g/mol. The van der Waals surface area contributed by atoms with Gasteiger partial charge in [-0.05, 0) is 36.8 Å². The average Bonchev–Trinajstić information content (AvgIpc) is 3.05. The molecular formula is C19H20N2O3. The molecule has 0 bridgehead atoms. The van der Waals surface area contributed by atoms with Gasteiger partial charge >= 0.3 is 0 Å². The standard InChI is InChI=1S/C19H20N2O3/c22-18-10-5-12-21(18)16-7-4-6-15(14-16)19(23)20-11-13-24-17-8-2-1-3-9-17/h1-4,6-9,14H,5,10-13H2,(H,20,23). The van der Waals surface area contributed by atoms with Gasteiger partial charge in [-0.25, -0.2) is 0 Å². The Hall–Kier alpha value is -2.82. The number of carbonyl (C=O) groups is 2. The molecule has 24 heavy (non-hydrogen) atoms. The summed E-state index contributed by atoms with van der Waals surface area (Å²) >= 11 is 0. The molecule has 1 heterocycles. The van der Waals surface area contributed by atoms with Crippen LogP contribution in [0.15, 0.2) is 54.6 Å². The topological polar surface area (TPSA) is 58.6 Å². The van der Waals surface area contributed by atoms with E-state index in [-0.39, 0.29) is 11.8 Å². The first kappa shape index (κ1) is 16.1. The first-order chi connectivity index (χ1) is 11.7. The number of anilines is 1. The fraction of sp³-hybridized carbons (Fsp3) is 0.263. The first-order valence-electron chi connectivity index (χ1n) is 8.10. The van der Waals surface area contributed by atoms with Gasteiger partial charge in [-0.1, -0.05) is 24.3 Å². The quantitative estimate of drug-likeness (QED) is 0.831. The van der Waals surface area contributed by atoms with Crippen LogP contribution in [0.4, 0.5) is 5.69 Å². The Morgan fingerprint density at radius 2 is 1.96 bits per heavy atom. The molecule has 0 unspecified atom stereocenters. The van der Waals surface area contributed by atoms with Crippen LogP contribution in [0.5, 0.6) is 5.75 Å². The van der Waals surface area contributed by atoms with Crippen molar-refractivity contribution in [3.05, 3.63) is 60.2 Å². The molecule has 2 aromatic carbocycles. The normalized spacial score (nSPS) is 13.8. The average molecular weight is 324 g/mol. The van der Waals surface area contributed by atoms with Crippen LogP contribution in [0.25, 0.3) is 0 Å². The number of hydrogen-bond acceptors (Lipinski definition) is 3. The predicted molar refractivity (Wildman–Crippen MR) is 92.3 cm³/mol. The van der Waals surface area contributed by atoms with Gasteiger partial charge in [-0.2, -0.15) is 0 Å². The molecule has 1 fully saturated rings. The van der Waals surface area contributed by atoms with Gasteiger partial charge in [0.25, 0.3) is 5.91 Å². The summed E-state index contributed by atoms with van der Waals surface area (Å²) in [6.45, 7) is 1.54. The molecule has 5 heteroatoms. The highest BCUT2D eigenvalue weighted by Gasteiger charge is 2.22. The molecule has 0 aliphatic carbocycles. The lowest BCUT2D eigenvalue weighted by Crippen LogP contribution is -2.29. The second-order valence-electron chi connectivity index (χ2n) is 5.62. The fourth-order valence-electron chi connectivity index (χ4n) is 2.69. The Kier molecular flexibility index (Phi) is 5.11. The molecule has 1 aliphatic heterocycles. The zero-order valence-electron chi connectivity index (χ0n) is 13.4. The van der Waals surface area contributed by atoms with Crippen molar-refractivity contribution in [2.45, 2.75) is 12.8 Å². The number of amides is 2. The van der Waals surface area contributed by atoms with Gasteiger partial charge in [-0.3, -0.25) is 9.59 Å². The molecule has 1 aliphatic rings. The van der Waals surface area contributed by atoms with E-state index in [1.807, 2.05) is 36.4 Å². The first-order valence-corrected chi connectivity index (χ1v) is 8.10. The highest BCUT2D eigenvalue weighted by Crippen LogP contribution is 2.22. The van der Waals surface area contributed by atoms with E-state index in [2.05, 4.69) is 5.32 Å². The van der Waals surface area contributed by atoms with Crippen molar-refractivity contribution in [2.24, 2.45) is 0 Å². The largest absolute Gasteiger partial charge is 0.492 e. The van der Waals surface area contributed by atoms with E-state index in [1.165, 1.54) is 0 Å². The third-order valence-electron chi connectivity index (χ3n) is 3.89. The fourth-order valence-corrected chi connectivity index (χ4v) is 2.69. The number of benzene rings is 2. The second kappa shape index (κ2) is 7.64. The predicted octanol–water partition coefficient (Wildman–Crippen LogP) is 2.62. The maximum absolute atomic E-state index is 12.2. The summed E-state index contributed by atoms with van der Waals surface area (Å²) < 4.78 is 5.54. The van der Waals surface area contributed by atoms with Crippen LogP contribution in [-0.4, -0.2) is 31.5 Å². The van der Waals surface area contributed by atoms with Gasteiger partial charge in [0.1, 0.15) is 12.4 Å². The number of nitrogens with one attached hydrogen (secondary N) is 1. The van der Waals surface area contributed by atoms with Gasteiger partial charge in [0.2, 0.25) is 5.91 Å². The number of carbonyl (C=O) groups excluding carboxylic acids is 2. The molecule has 0 atom stereocenters. The van der Waals surface area contributed by atoms with E-state index in [1.54, 1.807) is 23.1 Å². The monoisotopic (exact) mass is 324 g/mol. The van der Waals surface area contributed by atoms with E-state index in [0.717, 1.165) is 24.4 Å². The van der Waals surface area contributed by atoms with Crippen LogP contribution in [0.1, 0.15) is 23.2 Å². The van der Waals surface area contributed by atoms with E-state index in [9.17, 15) is 9.59 Å². The number of ether oxygens (including phenoxy) is 1. The minimum Gasteiger partial charge on any atom is -0.492 e. The minimum absolute atomic E-state index is 0.115. The van der Waals surface area contributed by atoms with Crippen molar-refractivity contribution in [1.29, 1.82) is 0 Å². The van der Waals surface area contributed by atoms with Crippen LogP contribution in [0.3, 0.4) is 0 Å². The molecule has 0 spiro atoms. The van der Waals surface area contributed by atoms with E-state index in [0.29, 0.717) is 25.1 Å². The van der Waals surface area contributed by atoms with Crippen molar-refractivity contribution in [3.8, 4) is 5.75 Å². The lowest BCUT2D eigenvalue weighted by molar-refractivity contribution is -0.117. The Morgan fingerprint density at radius 1 is 1.12 bits per heavy atom. The van der Waals surface area contributed by atoms with Gasteiger partial charge in [0.15, 0.2) is 0 Å². The Labute approximate surface area is 141 Å². The highest BCUT2D eigenvalue weighted by atomic mass is 16.5. The van der Waals surface area contributed by atoms with E-state index >= 15 is 0 Å². The van der Waals surface area contributed by atoms with Gasteiger partial charge in [-0.15, -0.1) is 0 Å². The molecule has 0 saturated carbocycles. The summed E-state index contributed by atoms with van der Waals surface area (Å²) in [4.78, 5) is 25.8. The summed E-state index contributed by atoms with van der Waals surface area (Å²) in [5.41, 5.74) is 1.33. The molecule has 1 saturated heterocycles. The van der Waals surface area contributed by atoms with Crippen molar-refractivity contribution >= 4 is 17.5 Å². The van der Waals surface area contributed by atoms with E-state index < -0.39 is 0 Å². The van der Waals surface area contributed by atoms with Crippen LogP contribution in [-0.2, 0) is 4.79 Å². The summed E-state index contributed by atoms with van der Waals surface area (Å²) in [7, 11) is 0. The molecule has 0 aromatic heterocycles. The van der Waals surface area contributed by atoms with Gasteiger partial charge in [0, 0.05) is 24.2 Å². The minimum atomic E-state index is -0.167. The third kappa shape index (κ3) is 3.93. The summed E-state index contributed by atoms with van der Waals surface area (Å²) in [5.74, 6) is 0.727. The zero-order valence-corrected chi connectivity index (χ0v) is 13.4. The van der Waals surface area contributed by atoms with Crippen LogP contribution >= 0.6 is 0 Å². The summed E-state index contributed by atoms with van der Waals surface area (Å²) in [6, 6.07) is 16.6. The van der Waals surface area contributed by atoms with Crippen molar-refractivity contribution in [3.63, 3.8) is 0 Å². The molecule has 1 N–H and O–H groups in total. The van der Waals surface area contributed by atoms with Crippen molar-refractivity contribution in [2.75, 3.05) is 24.6 Å². The zero-order chi connectivity index (χ0) is 16.8.